The van der Waals surface area contributed by atoms with Crippen LogP contribution >= 0.6 is 11.6 Å². The molecule has 0 atom stereocenters. The zero-order valence-electron chi connectivity index (χ0n) is 10.5. The smallest absolute Gasteiger partial charge is 0.293 e. The monoisotopic (exact) mass is 292 g/mol. The minimum absolute atomic E-state index is 0.0416. The summed E-state index contributed by atoms with van der Waals surface area (Å²) in [6.45, 7) is 0.346. The average molecular weight is 293 g/mol. The molecule has 2 aromatic carbocycles. The lowest BCUT2D eigenvalue weighted by Crippen LogP contribution is -2.03. The number of hydrogen-bond acceptors (Lipinski definition) is 4. The van der Waals surface area contributed by atoms with Gasteiger partial charge in [0.2, 0.25) is 0 Å². The first-order valence-electron chi connectivity index (χ1n) is 5.97. The first-order valence-corrected chi connectivity index (χ1v) is 6.35. The van der Waals surface area contributed by atoms with E-state index in [1.807, 2.05) is 18.2 Å². The molecule has 0 aliphatic heterocycles. The summed E-state index contributed by atoms with van der Waals surface area (Å²) in [6.07, 6.45) is 0. The summed E-state index contributed by atoms with van der Waals surface area (Å²) in [6, 6.07) is 11.9. The Morgan fingerprint density at radius 2 is 1.90 bits per heavy atom. The Kier molecular flexibility index (Phi) is 4.55. The number of nitrogens with zero attached hydrogens (tertiary/aromatic N) is 1. The van der Waals surface area contributed by atoms with Crippen molar-refractivity contribution in [3.63, 3.8) is 0 Å². The zero-order valence-corrected chi connectivity index (χ0v) is 11.3. The van der Waals surface area contributed by atoms with Gasteiger partial charge in [0.1, 0.15) is 5.69 Å². The summed E-state index contributed by atoms with van der Waals surface area (Å²) < 4.78 is 0. The molecule has 20 heavy (non-hydrogen) atoms. The van der Waals surface area contributed by atoms with Crippen molar-refractivity contribution in [1.29, 1.82) is 0 Å². The van der Waals surface area contributed by atoms with Gasteiger partial charge < -0.3 is 10.4 Å². The number of nitro benzene ring substituents is 1. The molecule has 0 unspecified atom stereocenters. The summed E-state index contributed by atoms with van der Waals surface area (Å²) >= 11 is 5.99. The maximum absolute atomic E-state index is 11.0. The summed E-state index contributed by atoms with van der Waals surface area (Å²) in [5.41, 5.74) is 1.94. The quantitative estimate of drug-likeness (QED) is 0.654. The van der Waals surface area contributed by atoms with E-state index in [1.54, 1.807) is 12.1 Å². The molecule has 2 rings (SSSR count). The van der Waals surface area contributed by atoms with Gasteiger partial charge in [-0.1, -0.05) is 41.9 Å². The Morgan fingerprint density at radius 3 is 2.60 bits per heavy atom. The Morgan fingerprint density at radius 1 is 1.20 bits per heavy atom. The molecule has 0 radical (unpaired) electrons. The minimum Gasteiger partial charge on any atom is -0.392 e. The molecule has 5 nitrogen and oxygen atoms in total. The van der Waals surface area contributed by atoms with Crippen molar-refractivity contribution in [1.82, 2.24) is 0 Å². The first-order chi connectivity index (χ1) is 9.61. The second-order valence-electron chi connectivity index (χ2n) is 4.22. The van der Waals surface area contributed by atoms with Crippen LogP contribution in [0.3, 0.4) is 0 Å². The van der Waals surface area contributed by atoms with Gasteiger partial charge in [-0.15, -0.1) is 0 Å². The molecule has 0 aromatic heterocycles. The van der Waals surface area contributed by atoms with Gasteiger partial charge in [-0.05, 0) is 17.2 Å². The van der Waals surface area contributed by atoms with Crippen molar-refractivity contribution in [3.05, 3.63) is 68.7 Å². The van der Waals surface area contributed by atoms with E-state index >= 15 is 0 Å². The van der Waals surface area contributed by atoms with Gasteiger partial charge in [-0.25, -0.2) is 0 Å². The van der Waals surface area contributed by atoms with Crippen LogP contribution in [0.4, 0.5) is 11.4 Å². The Bertz CT molecular complexity index is 632. The van der Waals surface area contributed by atoms with Crippen LogP contribution in [-0.2, 0) is 13.2 Å². The van der Waals surface area contributed by atoms with Crippen LogP contribution in [0.15, 0.2) is 42.5 Å². The molecule has 0 aliphatic carbocycles. The van der Waals surface area contributed by atoms with Crippen molar-refractivity contribution in [2.45, 2.75) is 13.2 Å². The fourth-order valence-corrected chi connectivity index (χ4v) is 2.10. The van der Waals surface area contributed by atoms with Gasteiger partial charge in [-0.3, -0.25) is 10.1 Å². The highest BCUT2D eigenvalue weighted by atomic mass is 35.5. The largest absolute Gasteiger partial charge is 0.392 e. The van der Waals surface area contributed by atoms with Crippen LogP contribution in [0.25, 0.3) is 0 Å². The zero-order chi connectivity index (χ0) is 14.5. The highest BCUT2D eigenvalue weighted by Gasteiger charge is 2.16. The lowest BCUT2D eigenvalue weighted by Gasteiger charge is -2.09. The molecule has 0 heterocycles. The topological polar surface area (TPSA) is 75.4 Å². The van der Waals surface area contributed by atoms with Crippen LogP contribution in [0.5, 0.6) is 0 Å². The van der Waals surface area contributed by atoms with Gasteiger partial charge in [0, 0.05) is 12.6 Å². The fourth-order valence-electron chi connectivity index (χ4n) is 1.87. The van der Waals surface area contributed by atoms with Crippen LogP contribution in [0.1, 0.15) is 11.1 Å². The molecule has 6 heteroatoms. The third kappa shape index (κ3) is 3.26. The van der Waals surface area contributed by atoms with E-state index in [2.05, 4.69) is 5.32 Å². The number of para-hydroxylation sites is 1. The standard InChI is InChI=1S/C14H13ClN2O3/c15-12-5-2-6-13(17(19)20)14(12)16-8-10-3-1-4-11(7-10)9-18/h1-7,16,18H,8-9H2. The SMILES string of the molecule is O=[N+]([O-])c1cccc(Cl)c1NCc1cccc(CO)c1. The van der Waals surface area contributed by atoms with E-state index < -0.39 is 4.92 Å². The summed E-state index contributed by atoms with van der Waals surface area (Å²) in [7, 11) is 0. The van der Waals surface area contributed by atoms with Gasteiger partial charge in [0.05, 0.1) is 16.6 Å². The predicted molar refractivity (Wildman–Crippen MR) is 77.8 cm³/mol. The molecule has 0 saturated heterocycles. The van der Waals surface area contributed by atoms with E-state index in [0.29, 0.717) is 17.3 Å². The van der Waals surface area contributed by atoms with Crippen molar-refractivity contribution in [3.8, 4) is 0 Å². The second kappa shape index (κ2) is 6.36. The lowest BCUT2D eigenvalue weighted by molar-refractivity contribution is -0.383. The number of aliphatic hydroxyl groups is 1. The molecule has 0 amide bonds. The molecule has 2 N–H and O–H groups in total. The maximum Gasteiger partial charge on any atom is 0.293 e. The normalized spacial score (nSPS) is 10.3. The highest BCUT2D eigenvalue weighted by molar-refractivity contribution is 6.33. The number of rotatable bonds is 5. The number of anilines is 1. The lowest BCUT2D eigenvalue weighted by atomic mass is 10.1. The average Bonchev–Trinajstić information content (AvgIpc) is 2.45. The van der Waals surface area contributed by atoms with Crippen LogP contribution < -0.4 is 5.32 Å². The van der Waals surface area contributed by atoms with E-state index in [1.165, 1.54) is 12.1 Å². The van der Waals surface area contributed by atoms with E-state index in [-0.39, 0.29) is 12.3 Å². The van der Waals surface area contributed by atoms with E-state index in [9.17, 15) is 10.1 Å². The summed E-state index contributed by atoms with van der Waals surface area (Å²) in [5.74, 6) is 0. The molecular weight excluding hydrogens is 280 g/mol. The molecule has 0 fully saturated rings. The number of aliphatic hydroxyl groups excluding tert-OH is 1. The molecule has 0 saturated carbocycles. The highest BCUT2D eigenvalue weighted by Crippen LogP contribution is 2.32. The van der Waals surface area contributed by atoms with Crippen molar-refractivity contribution in [2.24, 2.45) is 0 Å². The molecule has 0 spiro atoms. The predicted octanol–water partition coefficient (Wildman–Crippen LogP) is 3.35. The van der Waals surface area contributed by atoms with Gasteiger partial charge in [0.15, 0.2) is 0 Å². The number of benzene rings is 2. The van der Waals surface area contributed by atoms with Gasteiger partial charge in [-0.2, -0.15) is 0 Å². The molecule has 2 aromatic rings. The van der Waals surface area contributed by atoms with Crippen LogP contribution in [0, 0.1) is 10.1 Å². The number of halogens is 1. The maximum atomic E-state index is 11.0. The van der Waals surface area contributed by atoms with Crippen molar-refractivity contribution in [2.75, 3.05) is 5.32 Å². The number of nitro groups is 1. The molecular formula is C14H13ClN2O3. The number of nitrogens with one attached hydrogen (secondary N) is 1. The minimum atomic E-state index is -0.474. The summed E-state index contributed by atoms with van der Waals surface area (Å²) in [5, 5.41) is 23.3. The fraction of sp³-hybridized carbons (Fsp3) is 0.143. The summed E-state index contributed by atoms with van der Waals surface area (Å²) in [4.78, 5) is 10.5. The molecule has 104 valence electrons. The third-order valence-corrected chi connectivity index (χ3v) is 3.15. The van der Waals surface area contributed by atoms with E-state index in [4.69, 9.17) is 16.7 Å². The Balaban J connectivity index is 2.20. The van der Waals surface area contributed by atoms with E-state index in [0.717, 1.165) is 11.1 Å². The third-order valence-electron chi connectivity index (χ3n) is 2.83. The Hall–Kier alpha value is -2.11. The van der Waals surface area contributed by atoms with Gasteiger partial charge in [0.25, 0.3) is 5.69 Å². The second-order valence-corrected chi connectivity index (χ2v) is 4.63. The van der Waals surface area contributed by atoms with Crippen molar-refractivity contribution >= 4 is 23.0 Å². The Labute approximate surface area is 121 Å². The first kappa shape index (κ1) is 14.3. The van der Waals surface area contributed by atoms with Crippen molar-refractivity contribution < 1.29 is 10.0 Å². The van der Waals surface area contributed by atoms with Crippen LogP contribution in [-0.4, -0.2) is 10.0 Å². The van der Waals surface area contributed by atoms with Gasteiger partial charge >= 0.3 is 0 Å². The number of hydrogen-bond donors (Lipinski definition) is 2. The molecule has 0 aliphatic rings. The molecule has 0 bridgehead atoms. The van der Waals surface area contributed by atoms with Crippen LogP contribution in [0.2, 0.25) is 5.02 Å².